The van der Waals surface area contributed by atoms with Crippen LogP contribution in [0.15, 0.2) is 157 Å². The minimum absolute atomic E-state index is 0. The zero-order valence-corrected chi connectivity index (χ0v) is 46.1. The van der Waals surface area contributed by atoms with Crippen molar-refractivity contribution >= 4 is 51.2 Å². The molecule has 0 amide bonds. The van der Waals surface area contributed by atoms with Crippen molar-refractivity contribution < 1.29 is 0 Å². The molecule has 0 saturated heterocycles. The molecule has 0 unspecified atom stereocenters. The Morgan fingerprint density at radius 2 is 0.957 bits per heavy atom. The number of nitrogens with zero attached hydrogens (tertiary/aromatic N) is 1. The molecule has 7 aromatic rings. The maximum atomic E-state index is 3.24. The van der Waals surface area contributed by atoms with Gasteiger partial charge in [0, 0.05) is 32.5 Å². The lowest BCUT2D eigenvalue weighted by atomic mass is 9.86. The van der Waals surface area contributed by atoms with Gasteiger partial charge in [-0.2, -0.15) is 0 Å². The number of benzene rings is 7. The first-order chi connectivity index (χ1) is 33.2. The van der Waals surface area contributed by atoms with Crippen molar-refractivity contribution in [2.24, 2.45) is 0 Å². The van der Waals surface area contributed by atoms with E-state index in [1.807, 2.05) is 20.9 Å². The largest absolute Gasteiger partial charge is 0.391 e. The molecule has 3 aliphatic rings. The summed E-state index contributed by atoms with van der Waals surface area (Å²) in [6, 6.07) is 49.9. The quantitative estimate of drug-likeness (QED) is 0.0915. The molecule has 10 rings (SSSR count). The summed E-state index contributed by atoms with van der Waals surface area (Å²) in [5.41, 5.74) is 20.2. The number of unbranched alkanes of at least 4 members (excludes halogenated alkanes) is 2. The highest BCUT2D eigenvalue weighted by atomic mass is 127. The van der Waals surface area contributed by atoms with Crippen molar-refractivity contribution in [1.29, 1.82) is 0 Å². The van der Waals surface area contributed by atoms with Crippen molar-refractivity contribution in [3.05, 3.63) is 207 Å². The molecule has 0 saturated carbocycles. The maximum Gasteiger partial charge on any atom is 0.0361 e. The summed E-state index contributed by atoms with van der Waals surface area (Å²) in [5.74, 6) is 0. The third kappa shape index (κ3) is 15.9. The Balaban J connectivity index is 0.000000181. The Morgan fingerprint density at radius 1 is 0.449 bits per heavy atom. The minimum Gasteiger partial charge on any atom is -0.391 e. The van der Waals surface area contributed by atoms with E-state index in [9.17, 15) is 0 Å². The van der Waals surface area contributed by atoms with E-state index in [2.05, 4.69) is 198 Å². The van der Waals surface area contributed by atoms with Crippen molar-refractivity contribution in [3.63, 3.8) is 0 Å². The zero-order valence-electron chi connectivity index (χ0n) is 43.8. The van der Waals surface area contributed by atoms with Gasteiger partial charge in [0.2, 0.25) is 0 Å². The fourth-order valence-electron chi connectivity index (χ4n) is 9.30. The van der Waals surface area contributed by atoms with Crippen molar-refractivity contribution in [2.75, 3.05) is 26.0 Å². The van der Waals surface area contributed by atoms with Crippen LogP contribution in [0.3, 0.4) is 0 Å². The second kappa shape index (κ2) is 28.5. The molecule has 1 N–H and O–H groups in total. The van der Waals surface area contributed by atoms with Crippen molar-refractivity contribution in [2.45, 2.75) is 138 Å². The average Bonchev–Trinajstić information content (AvgIpc) is 3.36. The molecular weight excluding hydrogens is 948 g/mol. The van der Waals surface area contributed by atoms with E-state index in [-0.39, 0.29) is 24.0 Å². The molecule has 0 atom stereocenters. The fraction of sp³-hybridized carbons (Fsp3) is 0.364. The van der Waals surface area contributed by atoms with Crippen LogP contribution in [0.1, 0.15) is 130 Å². The van der Waals surface area contributed by atoms with Gasteiger partial charge in [-0.15, -0.1) is 24.0 Å². The van der Waals surface area contributed by atoms with Crippen LogP contribution in [0.4, 0.5) is 5.69 Å². The number of aryl methyl sites for hydroxylation is 9. The highest BCUT2D eigenvalue weighted by Crippen LogP contribution is 2.31. The standard InChI is InChI=1S/C24H22.C18H21N.C17H21N.C5H12.C2H6.HI/c1-3-4-18-7-13-23-21(15-18)10-11-22-16-20(12-14-24(22)23)19-8-5-17(2)6-9-19;1-19(2)18-11-6-14(7-12-18)3-4-15-5-8-16-9-10-17(16)13-15;1-18-17-10-5-13(6-11-17)2-3-14-4-7-15-8-9-16(15)12-14;1-3-5-4-2;1-2;/h5-16H,3-4H2,1-2H3;5-8,11-13H,3-4,9-10H2,1-2H3;4-5,7,10,12,18H,2-3,6,8-9,11H2,1H3;3-5H2,1-2H3;1-2H3;1H. The molecule has 69 heavy (non-hydrogen) atoms. The number of rotatable bonds is 13. The molecule has 0 aromatic heterocycles. The van der Waals surface area contributed by atoms with E-state index in [4.69, 9.17) is 0 Å². The molecule has 0 fully saturated rings. The molecular formula is C66H83IN2. The summed E-state index contributed by atoms with van der Waals surface area (Å²) in [6.07, 6.45) is 23.2. The van der Waals surface area contributed by atoms with E-state index in [1.165, 1.54) is 149 Å². The summed E-state index contributed by atoms with van der Waals surface area (Å²) in [4.78, 5) is 2.14. The van der Waals surface area contributed by atoms with Gasteiger partial charge in [-0.25, -0.2) is 0 Å². The molecule has 0 heterocycles. The number of hydrogen-bond acceptors (Lipinski definition) is 2. The maximum absolute atomic E-state index is 3.24. The smallest absolute Gasteiger partial charge is 0.0361 e. The number of allylic oxidation sites excluding steroid dienone is 4. The first kappa shape index (κ1) is 54.8. The average molecular weight is 1030 g/mol. The Hall–Kier alpha value is -5.13. The molecule has 3 heteroatoms. The Labute approximate surface area is 435 Å². The number of anilines is 1. The second-order valence-corrected chi connectivity index (χ2v) is 19.1. The van der Waals surface area contributed by atoms with Gasteiger partial charge in [-0.3, -0.25) is 0 Å². The van der Waals surface area contributed by atoms with Crippen LogP contribution in [0.25, 0.3) is 32.7 Å². The zero-order chi connectivity index (χ0) is 48.3. The Morgan fingerprint density at radius 3 is 1.45 bits per heavy atom. The van der Waals surface area contributed by atoms with Gasteiger partial charge >= 0.3 is 0 Å². The first-order valence-corrected chi connectivity index (χ1v) is 26.3. The highest BCUT2D eigenvalue weighted by Gasteiger charge is 2.14. The Kier molecular flexibility index (Phi) is 22.6. The molecule has 0 bridgehead atoms. The predicted octanol–water partition coefficient (Wildman–Crippen LogP) is 17.9. The van der Waals surface area contributed by atoms with E-state index >= 15 is 0 Å². The predicted molar refractivity (Wildman–Crippen MR) is 316 cm³/mol. The van der Waals surface area contributed by atoms with E-state index in [0.29, 0.717) is 0 Å². The molecule has 2 nitrogen and oxygen atoms in total. The second-order valence-electron chi connectivity index (χ2n) is 19.1. The topological polar surface area (TPSA) is 15.3 Å². The number of halogens is 1. The molecule has 364 valence electrons. The van der Waals surface area contributed by atoms with E-state index < -0.39 is 0 Å². The number of nitrogens with one attached hydrogen (secondary N) is 1. The first-order valence-electron chi connectivity index (χ1n) is 26.3. The lowest BCUT2D eigenvalue weighted by molar-refractivity contribution is 0.768. The van der Waals surface area contributed by atoms with Crippen LogP contribution in [0.2, 0.25) is 0 Å². The summed E-state index contributed by atoms with van der Waals surface area (Å²) in [7, 11) is 6.17. The summed E-state index contributed by atoms with van der Waals surface area (Å²) in [5, 5.41) is 8.58. The van der Waals surface area contributed by atoms with Gasteiger partial charge in [0.1, 0.15) is 0 Å². The monoisotopic (exact) mass is 1030 g/mol. The van der Waals surface area contributed by atoms with E-state index in [1.54, 1.807) is 27.8 Å². The number of fused-ring (bicyclic) bond motifs is 5. The summed E-state index contributed by atoms with van der Waals surface area (Å²) < 4.78 is 0. The molecule has 0 radical (unpaired) electrons. The van der Waals surface area contributed by atoms with E-state index in [0.717, 1.165) is 19.3 Å². The van der Waals surface area contributed by atoms with Crippen LogP contribution >= 0.6 is 24.0 Å². The van der Waals surface area contributed by atoms with Crippen molar-refractivity contribution in [3.8, 4) is 11.1 Å². The lowest BCUT2D eigenvalue weighted by Gasteiger charge is -2.20. The van der Waals surface area contributed by atoms with Gasteiger partial charge in [-0.1, -0.05) is 193 Å². The third-order valence-electron chi connectivity index (χ3n) is 13.8. The number of hydrogen-bond donors (Lipinski definition) is 1. The third-order valence-corrected chi connectivity index (χ3v) is 13.8. The minimum atomic E-state index is 0. The fourth-order valence-corrected chi connectivity index (χ4v) is 9.30. The van der Waals surface area contributed by atoms with Crippen LogP contribution in [0.5, 0.6) is 0 Å². The van der Waals surface area contributed by atoms with Crippen LogP contribution in [0, 0.1) is 6.92 Å². The van der Waals surface area contributed by atoms with Gasteiger partial charge in [0.05, 0.1) is 0 Å². The molecule has 3 aliphatic carbocycles. The normalized spacial score (nSPS) is 12.7. The highest BCUT2D eigenvalue weighted by molar-refractivity contribution is 14.0. The lowest BCUT2D eigenvalue weighted by Crippen LogP contribution is -2.09. The van der Waals surface area contributed by atoms with Crippen molar-refractivity contribution in [1.82, 2.24) is 5.32 Å². The SMILES string of the molecule is CC.CCCCC.CCCc1ccc2c(ccc3cc(-c4ccc(C)cc4)ccc32)c1.CN(C)c1ccc(CCc2ccc3c(c2)CC3)cc1.CNC1=CC=C(CCc2ccc3c(c2)CC3)CC1.I. The summed E-state index contributed by atoms with van der Waals surface area (Å²) >= 11 is 0. The van der Waals surface area contributed by atoms with Crippen LogP contribution < -0.4 is 10.2 Å². The van der Waals surface area contributed by atoms with Gasteiger partial charge in [0.15, 0.2) is 0 Å². The molecule has 0 spiro atoms. The van der Waals surface area contributed by atoms with Crippen LogP contribution in [-0.2, 0) is 51.4 Å². The van der Waals surface area contributed by atoms with Crippen LogP contribution in [-0.4, -0.2) is 21.1 Å². The molecule has 0 aliphatic heterocycles. The van der Waals surface area contributed by atoms with Gasteiger partial charge < -0.3 is 10.2 Å². The summed E-state index contributed by atoms with van der Waals surface area (Å²) in [6.45, 7) is 12.8. The van der Waals surface area contributed by atoms with Gasteiger partial charge in [0.25, 0.3) is 0 Å². The Bertz CT molecular complexity index is 2720. The molecule has 7 aromatic carbocycles. The van der Waals surface area contributed by atoms with Gasteiger partial charge in [-0.05, 0) is 179 Å².